The molecule has 6 heteroatoms. The fourth-order valence-electron chi connectivity index (χ4n) is 2.16. The maximum atomic E-state index is 13.0. The maximum Gasteiger partial charge on any atom is 0.257 e. The predicted octanol–water partition coefficient (Wildman–Crippen LogP) is 4.13. The van der Waals surface area contributed by atoms with Crippen molar-refractivity contribution in [2.75, 3.05) is 7.05 Å². The van der Waals surface area contributed by atoms with E-state index < -0.39 is 0 Å². The minimum absolute atomic E-state index is 0.123. The van der Waals surface area contributed by atoms with E-state index in [-0.39, 0.29) is 11.9 Å². The van der Waals surface area contributed by atoms with E-state index in [9.17, 15) is 4.39 Å². The summed E-state index contributed by atoms with van der Waals surface area (Å²) in [6.07, 6.45) is 0. The lowest BCUT2D eigenvalue weighted by molar-refractivity contribution is 0.228. The predicted molar refractivity (Wildman–Crippen MR) is 83.9 cm³/mol. The molecule has 22 heavy (non-hydrogen) atoms. The summed E-state index contributed by atoms with van der Waals surface area (Å²) >= 11 is 1.57. The van der Waals surface area contributed by atoms with Crippen LogP contribution in [0.15, 0.2) is 46.2 Å². The fraction of sp³-hybridized carbons (Fsp3) is 0.250. The van der Waals surface area contributed by atoms with E-state index in [1.165, 1.54) is 12.1 Å². The van der Waals surface area contributed by atoms with Crippen molar-refractivity contribution in [3.63, 3.8) is 0 Å². The van der Waals surface area contributed by atoms with E-state index in [0.717, 1.165) is 10.4 Å². The Bertz CT molecular complexity index is 724. The lowest BCUT2D eigenvalue weighted by atomic mass is 10.1. The Kier molecular flexibility index (Phi) is 4.31. The van der Waals surface area contributed by atoms with E-state index in [4.69, 9.17) is 4.42 Å². The van der Waals surface area contributed by atoms with Gasteiger partial charge in [-0.3, -0.25) is 4.90 Å². The maximum absolute atomic E-state index is 13.0. The average Bonchev–Trinajstić information content (AvgIpc) is 3.18. The third kappa shape index (κ3) is 3.23. The standard InChI is InChI=1S/C16H16FN3OS/c1-11(12-5-7-13(17)8-6-12)20(2)10-15-18-19-16(21-15)14-4-3-9-22-14/h3-9,11H,10H2,1-2H3/t11-/m1/s1. The van der Waals surface area contributed by atoms with Gasteiger partial charge in [-0.2, -0.15) is 0 Å². The molecular formula is C16H16FN3OS. The van der Waals surface area contributed by atoms with E-state index >= 15 is 0 Å². The van der Waals surface area contributed by atoms with Crippen LogP contribution in [0.25, 0.3) is 10.8 Å². The van der Waals surface area contributed by atoms with Crippen LogP contribution in [0.1, 0.15) is 24.4 Å². The highest BCUT2D eigenvalue weighted by Crippen LogP contribution is 2.25. The molecule has 0 fully saturated rings. The Morgan fingerprint density at radius 1 is 1.23 bits per heavy atom. The van der Waals surface area contributed by atoms with Crippen LogP contribution in [0, 0.1) is 5.82 Å². The Hall–Kier alpha value is -2.05. The number of hydrogen-bond donors (Lipinski definition) is 0. The Balaban J connectivity index is 1.68. The summed E-state index contributed by atoms with van der Waals surface area (Å²) in [7, 11) is 1.98. The molecule has 0 unspecified atom stereocenters. The molecule has 0 aliphatic carbocycles. The fourth-order valence-corrected chi connectivity index (χ4v) is 2.81. The van der Waals surface area contributed by atoms with Gasteiger partial charge in [0, 0.05) is 6.04 Å². The highest BCUT2D eigenvalue weighted by molar-refractivity contribution is 7.13. The van der Waals surface area contributed by atoms with Gasteiger partial charge in [-0.15, -0.1) is 21.5 Å². The van der Waals surface area contributed by atoms with Crippen molar-refractivity contribution in [2.45, 2.75) is 19.5 Å². The molecule has 0 spiro atoms. The second-order valence-electron chi connectivity index (χ2n) is 5.12. The van der Waals surface area contributed by atoms with Crippen LogP contribution < -0.4 is 0 Å². The summed E-state index contributed by atoms with van der Waals surface area (Å²) in [6.45, 7) is 2.60. The second kappa shape index (κ2) is 6.37. The van der Waals surface area contributed by atoms with Gasteiger partial charge in [-0.1, -0.05) is 18.2 Å². The summed E-state index contributed by atoms with van der Waals surface area (Å²) in [5.74, 6) is 0.892. The first-order valence-electron chi connectivity index (χ1n) is 6.95. The first-order valence-corrected chi connectivity index (χ1v) is 7.83. The number of nitrogens with zero attached hydrogens (tertiary/aromatic N) is 3. The van der Waals surface area contributed by atoms with Gasteiger partial charge in [0.15, 0.2) is 0 Å². The van der Waals surface area contributed by atoms with Crippen molar-refractivity contribution in [3.05, 3.63) is 59.0 Å². The van der Waals surface area contributed by atoms with Crippen LogP contribution in [0.2, 0.25) is 0 Å². The van der Waals surface area contributed by atoms with Crippen molar-refractivity contribution >= 4 is 11.3 Å². The van der Waals surface area contributed by atoms with Gasteiger partial charge in [0.2, 0.25) is 5.89 Å². The molecule has 0 amide bonds. The number of benzene rings is 1. The highest BCUT2D eigenvalue weighted by atomic mass is 32.1. The van der Waals surface area contributed by atoms with Crippen LogP contribution >= 0.6 is 11.3 Å². The summed E-state index contributed by atoms with van der Waals surface area (Å²) < 4.78 is 18.7. The molecule has 3 rings (SSSR count). The molecule has 3 aromatic rings. The number of halogens is 1. The highest BCUT2D eigenvalue weighted by Gasteiger charge is 2.16. The van der Waals surface area contributed by atoms with Crippen LogP contribution in [0.4, 0.5) is 4.39 Å². The monoisotopic (exact) mass is 317 g/mol. The van der Waals surface area contributed by atoms with Crippen molar-refractivity contribution in [3.8, 4) is 10.8 Å². The average molecular weight is 317 g/mol. The van der Waals surface area contributed by atoms with Gasteiger partial charge in [-0.25, -0.2) is 4.39 Å². The van der Waals surface area contributed by atoms with Crippen molar-refractivity contribution in [1.82, 2.24) is 15.1 Å². The van der Waals surface area contributed by atoms with Gasteiger partial charge in [-0.05, 0) is 43.1 Å². The molecule has 0 aliphatic heterocycles. The molecule has 4 nitrogen and oxygen atoms in total. The van der Waals surface area contributed by atoms with E-state index in [1.807, 2.05) is 24.6 Å². The zero-order chi connectivity index (χ0) is 15.5. The van der Waals surface area contributed by atoms with Crippen LogP contribution in [0.3, 0.4) is 0 Å². The molecular weight excluding hydrogens is 301 g/mol. The molecule has 1 aromatic carbocycles. The van der Waals surface area contributed by atoms with Gasteiger partial charge in [0.1, 0.15) is 5.82 Å². The lowest BCUT2D eigenvalue weighted by Gasteiger charge is -2.23. The van der Waals surface area contributed by atoms with E-state index in [1.54, 1.807) is 23.5 Å². The zero-order valence-corrected chi connectivity index (χ0v) is 13.2. The molecule has 0 N–H and O–H groups in total. The van der Waals surface area contributed by atoms with Gasteiger partial charge >= 0.3 is 0 Å². The molecule has 114 valence electrons. The topological polar surface area (TPSA) is 42.2 Å². The first-order chi connectivity index (χ1) is 10.6. The summed E-state index contributed by atoms with van der Waals surface area (Å²) in [5, 5.41) is 10.1. The summed E-state index contributed by atoms with van der Waals surface area (Å²) in [6, 6.07) is 10.6. The Morgan fingerprint density at radius 2 is 2.00 bits per heavy atom. The largest absolute Gasteiger partial charge is 0.419 e. The van der Waals surface area contributed by atoms with Crippen LogP contribution in [0.5, 0.6) is 0 Å². The number of rotatable bonds is 5. The lowest BCUT2D eigenvalue weighted by Crippen LogP contribution is -2.22. The Labute approximate surface area is 132 Å². The quantitative estimate of drug-likeness (QED) is 0.709. The third-order valence-electron chi connectivity index (χ3n) is 3.60. The number of aromatic nitrogens is 2. The minimum atomic E-state index is -0.226. The molecule has 1 atom stereocenters. The smallest absolute Gasteiger partial charge is 0.257 e. The van der Waals surface area contributed by atoms with Crippen molar-refractivity contribution in [1.29, 1.82) is 0 Å². The van der Waals surface area contributed by atoms with E-state index in [2.05, 4.69) is 22.0 Å². The SMILES string of the molecule is C[C@H](c1ccc(F)cc1)N(C)Cc1nnc(-c2cccs2)o1. The number of thiophene rings is 1. The molecule has 0 saturated carbocycles. The Morgan fingerprint density at radius 3 is 2.68 bits per heavy atom. The third-order valence-corrected chi connectivity index (χ3v) is 4.45. The molecule has 0 aliphatic rings. The van der Waals surface area contributed by atoms with Gasteiger partial charge < -0.3 is 4.42 Å². The van der Waals surface area contributed by atoms with Crippen LogP contribution in [-0.2, 0) is 6.54 Å². The molecule has 2 aromatic heterocycles. The normalized spacial score (nSPS) is 12.7. The zero-order valence-electron chi connectivity index (χ0n) is 12.4. The minimum Gasteiger partial charge on any atom is -0.419 e. The van der Waals surface area contributed by atoms with Gasteiger partial charge in [0.25, 0.3) is 5.89 Å². The van der Waals surface area contributed by atoms with E-state index in [0.29, 0.717) is 18.3 Å². The second-order valence-corrected chi connectivity index (χ2v) is 6.07. The van der Waals surface area contributed by atoms with Crippen LogP contribution in [-0.4, -0.2) is 22.1 Å². The summed E-state index contributed by atoms with van der Waals surface area (Å²) in [4.78, 5) is 3.05. The number of hydrogen-bond acceptors (Lipinski definition) is 5. The van der Waals surface area contributed by atoms with Crippen molar-refractivity contribution < 1.29 is 8.81 Å². The molecule has 0 radical (unpaired) electrons. The molecule has 0 bridgehead atoms. The molecule has 2 heterocycles. The molecule has 0 saturated heterocycles. The first kappa shape index (κ1) is 14.9. The van der Waals surface area contributed by atoms with Crippen molar-refractivity contribution in [2.24, 2.45) is 0 Å². The van der Waals surface area contributed by atoms with Gasteiger partial charge in [0.05, 0.1) is 11.4 Å². The summed E-state index contributed by atoms with van der Waals surface area (Å²) in [5.41, 5.74) is 1.04.